The molecule has 2 bridgehead atoms. The van der Waals surface area contributed by atoms with Gasteiger partial charge in [0, 0.05) is 37.7 Å². The average Bonchev–Trinajstić information content (AvgIpc) is 3.51. The molecule has 0 aromatic carbocycles. The SMILES string of the molecule is C/C=C(\C)C(=O)O[C@H]1O[C@@H]2C[C@@H]3[C@@](C)(CC[C@H]4CCOC4O)[C@H](C)[C@@H](OC(C)=O)[C@H](OC(C)=O)[C@]13[C@@]1(CO1)C2. The van der Waals surface area contributed by atoms with E-state index >= 15 is 0 Å². The number of hydrogen-bond acceptors (Lipinski definition) is 10. The fourth-order valence-corrected chi connectivity index (χ4v) is 8.20. The van der Waals surface area contributed by atoms with Crippen molar-refractivity contribution in [2.24, 2.45) is 28.6 Å². The first kappa shape index (κ1) is 28.5. The molecule has 6 rings (SSSR count). The Balaban J connectivity index is 1.64. The lowest BCUT2D eigenvalue weighted by atomic mass is 9.40. The van der Waals surface area contributed by atoms with Gasteiger partial charge in [0.05, 0.1) is 19.3 Å². The monoisotopic (exact) mass is 550 g/mol. The molecule has 6 fully saturated rings. The molecule has 2 spiro atoms. The fourth-order valence-electron chi connectivity index (χ4n) is 8.20. The molecule has 39 heavy (non-hydrogen) atoms. The summed E-state index contributed by atoms with van der Waals surface area (Å²) in [5, 5.41) is 10.4. The van der Waals surface area contributed by atoms with Gasteiger partial charge in [-0.2, -0.15) is 0 Å². The molecule has 0 aromatic heterocycles. The van der Waals surface area contributed by atoms with E-state index in [1.807, 2.05) is 6.92 Å². The minimum atomic E-state index is -1.09. The maximum absolute atomic E-state index is 13.1. The number of ether oxygens (including phenoxy) is 6. The Morgan fingerprint density at radius 3 is 2.36 bits per heavy atom. The third-order valence-electron chi connectivity index (χ3n) is 10.5. The summed E-state index contributed by atoms with van der Waals surface area (Å²) < 4.78 is 36.3. The van der Waals surface area contributed by atoms with E-state index in [9.17, 15) is 19.5 Å². The molecule has 4 heterocycles. The molecule has 0 amide bonds. The molecule has 10 nitrogen and oxygen atoms in total. The Morgan fingerprint density at radius 1 is 1.10 bits per heavy atom. The van der Waals surface area contributed by atoms with Crippen LogP contribution in [-0.4, -0.2) is 72.7 Å². The van der Waals surface area contributed by atoms with Gasteiger partial charge in [-0.15, -0.1) is 0 Å². The minimum Gasteiger partial charge on any atom is -0.458 e. The summed E-state index contributed by atoms with van der Waals surface area (Å²) in [6.45, 7) is 11.2. The van der Waals surface area contributed by atoms with Gasteiger partial charge in [-0.1, -0.05) is 19.9 Å². The van der Waals surface area contributed by atoms with Crippen LogP contribution in [0.2, 0.25) is 0 Å². The lowest BCUT2D eigenvalue weighted by Crippen LogP contribution is -2.79. The van der Waals surface area contributed by atoms with Crippen LogP contribution in [0, 0.1) is 28.6 Å². The number of esters is 3. The van der Waals surface area contributed by atoms with Crippen molar-refractivity contribution in [3.05, 3.63) is 11.6 Å². The first-order valence-electron chi connectivity index (χ1n) is 14.2. The number of hydrogen-bond donors (Lipinski definition) is 1. The van der Waals surface area contributed by atoms with Gasteiger partial charge in [-0.3, -0.25) is 9.59 Å². The molecule has 10 heteroatoms. The average molecular weight is 551 g/mol. The van der Waals surface area contributed by atoms with Crippen molar-refractivity contribution in [1.82, 2.24) is 0 Å². The molecule has 4 aliphatic heterocycles. The molecule has 2 saturated carbocycles. The van der Waals surface area contributed by atoms with E-state index in [2.05, 4.69) is 6.92 Å². The number of aliphatic hydroxyl groups is 1. The molecule has 0 radical (unpaired) electrons. The largest absolute Gasteiger partial charge is 0.458 e. The summed E-state index contributed by atoms with van der Waals surface area (Å²) in [7, 11) is 0. The fraction of sp³-hybridized carbons (Fsp3) is 0.828. The van der Waals surface area contributed by atoms with Crippen LogP contribution in [0.1, 0.15) is 73.6 Å². The van der Waals surface area contributed by atoms with E-state index in [0.29, 0.717) is 44.5 Å². The second-order valence-corrected chi connectivity index (χ2v) is 12.4. The van der Waals surface area contributed by atoms with E-state index in [4.69, 9.17) is 28.4 Å². The van der Waals surface area contributed by atoms with E-state index in [1.54, 1.807) is 19.9 Å². The molecule has 11 atom stereocenters. The first-order valence-corrected chi connectivity index (χ1v) is 14.2. The summed E-state index contributed by atoms with van der Waals surface area (Å²) in [6, 6.07) is 0. The number of carbonyl (C=O) groups is 3. The lowest BCUT2D eigenvalue weighted by Gasteiger charge is -2.69. The third-order valence-corrected chi connectivity index (χ3v) is 10.5. The number of carbonyl (C=O) groups excluding carboxylic acids is 3. The summed E-state index contributed by atoms with van der Waals surface area (Å²) in [5.41, 5.74) is -1.87. The molecule has 0 aromatic rings. The topological polar surface area (TPSA) is 130 Å². The Labute approximate surface area is 229 Å². The van der Waals surface area contributed by atoms with Crippen LogP contribution in [0.5, 0.6) is 0 Å². The molecule has 4 saturated heterocycles. The molecule has 6 aliphatic rings. The minimum absolute atomic E-state index is 0.00234. The Kier molecular flexibility index (Phi) is 7.40. The maximum Gasteiger partial charge on any atom is 0.335 e. The molecular weight excluding hydrogens is 508 g/mol. The van der Waals surface area contributed by atoms with E-state index < -0.39 is 59.1 Å². The summed E-state index contributed by atoms with van der Waals surface area (Å²) >= 11 is 0. The van der Waals surface area contributed by atoms with Crippen molar-refractivity contribution < 1.29 is 47.9 Å². The highest BCUT2D eigenvalue weighted by Crippen LogP contribution is 2.74. The highest BCUT2D eigenvalue weighted by molar-refractivity contribution is 5.87. The van der Waals surface area contributed by atoms with Crippen molar-refractivity contribution >= 4 is 17.9 Å². The van der Waals surface area contributed by atoms with Gasteiger partial charge >= 0.3 is 17.9 Å². The van der Waals surface area contributed by atoms with E-state index in [-0.39, 0.29) is 23.9 Å². The molecule has 2 aliphatic carbocycles. The van der Waals surface area contributed by atoms with Gasteiger partial charge in [-0.05, 0) is 50.9 Å². The van der Waals surface area contributed by atoms with Crippen LogP contribution in [0.3, 0.4) is 0 Å². The molecular formula is C29H42O10. The van der Waals surface area contributed by atoms with Crippen molar-refractivity contribution in [2.75, 3.05) is 13.2 Å². The van der Waals surface area contributed by atoms with Crippen LogP contribution in [-0.2, 0) is 42.8 Å². The number of allylic oxidation sites excluding steroid dienone is 1. The van der Waals surface area contributed by atoms with Crippen molar-refractivity contribution in [3.8, 4) is 0 Å². The predicted octanol–water partition coefficient (Wildman–Crippen LogP) is 3.04. The number of aliphatic hydroxyl groups excluding tert-OH is 1. The van der Waals surface area contributed by atoms with Crippen LogP contribution >= 0.6 is 0 Å². The van der Waals surface area contributed by atoms with Gasteiger partial charge in [0.25, 0.3) is 0 Å². The second kappa shape index (κ2) is 10.1. The van der Waals surface area contributed by atoms with Gasteiger partial charge in [-0.25, -0.2) is 4.79 Å². The Bertz CT molecular complexity index is 1040. The van der Waals surface area contributed by atoms with Gasteiger partial charge < -0.3 is 33.5 Å². The Hall–Kier alpha value is -2.01. The highest BCUT2D eigenvalue weighted by Gasteiger charge is 2.84. The van der Waals surface area contributed by atoms with Gasteiger partial charge in [0.1, 0.15) is 17.1 Å². The van der Waals surface area contributed by atoms with Crippen LogP contribution in [0.25, 0.3) is 0 Å². The summed E-state index contributed by atoms with van der Waals surface area (Å²) in [4.78, 5) is 38.2. The number of epoxide rings is 1. The standard InChI is InChI=1S/C29H42O10/c1-7-15(2)24(32)39-26-29-21(12-20(38-26)13-28(29)14-35-28)27(6,10-8-19-9-11-34-25(19)33)16(3)22(36-17(4)30)23(29)37-18(5)31/h7,16,19-23,25-26,33H,8-14H2,1-6H3/b15-7+/t16-,19+,20-,21-,22-,23+,25?,26-,27+,28+,29+/m1/s1. The van der Waals surface area contributed by atoms with Crippen LogP contribution in [0.4, 0.5) is 0 Å². The molecule has 218 valence electrons. The summed E-state index contributed by atoms with van der Waals surface area (Å²) in [6.07, 6.45) is 1.26. The number of rotatable bonds is 7. The zero-order valence-electron chi connectivity index (χ0n) is 23.8. The zero-order chi connectivity index (χ0) is 28.3. The lowest BCUT2D eigenvalue weighted by molar-refractivity contribution is -0.382. The smallest absolute Gasteiger partial charge is 0.335 e. The Morgan fingerprint density at radius 2 is 1.79 bits per heavy atom. The highest BCUT2D eigenvalue weighted by atomic mass is 16.7. The van der Waals surface area contributed by atoms with Crippen LogP contribution < -0.4 is 0 Å². The summed E-state index contributed by atoms with van der Waals surface area (Å²) in [5.74, 6) is -1.90. The maximum atomic E-state index is 13.1. The molecule has 1 N–H and O–H groups in total. The van der Waals surface area contributed by atoms with Gasteiger partial charge in [0.2, 0.25) is 6.29 Å². The quantitative estimate of drug-likeness (QED) is 0.218. The third kappa shape index (κ3) is 4.42. The predicted molar refractivity (Wildman–Crippen MR) is 136 cm³/mol. The second-order valence-electron chi connectivity index (χ2n) is 12.4. The van der Waals surface area contributed by atoms with Crippen LogP contribution in [0.15, 0.2) is 11.6 Å². The van der Waals surface area contributed by atoms with Crippen molar-refractivity contribution in [3.63, 3.8) is 0 Å². The normalized spacial score (nSPS) is 46.5. The molecule has 1 unspecified atom stereocenters. The van der Waals surface area contributed by atoms with Gasteiger partial charge in [0.15, 0.2) is 12.4 Å². The van der Waals surface area contributed by atoms with E-state index in [0.717, 1.165) is 6.42 Å². The van der Waals surface area contributed by atoms with Crippen molar-refractivity contribution in [1.29, 1.82) is 0 Å². The first-order chi connectivity index (χ1) is 18.4. The zero-order valence-corrected chi connectivity index (χ0v) is 23.8. The van der Waals surface area contributed by atoms with E-state index in [1.165, 1.54) is 13.8 Å². The van der Waals surface area contributed by atoms with Crippen molar-refractivity contribution in [2.45, 2.75) is 110 Å². The number of fused-ring (bicyclic) bond motifs is 1.